The highest BCUT2D eigenvalue weighted by molar-refractivity contribution is 6.15. The minimum absolute atomic E-state index is 0.139. The molecule has 32 heavy (non-hydrogen) atoms. The van der Waals surface area contributed by atoms with Crippen LogP contribution < -0.4 is 18.9 Å². The predicted octanol–water partition coefficient (Wildman–Crippen LogP) is 4.27. The van der Waals surface area contributed by atoms with Crippen molar-refractivity contribution in [1.29, 1.82) is 0 Å². The van der Waals surface area contributed by atoms with E-state index in [0.29, 0.717) is 52.2 Å². The maximum atomic E-state index is 13.1. The Labute approximate surface area is 188 Å². The summed E-state index contributed by atoms with van der Waals surface area (Å²) in [7, 11) is 4.64. The summed E-state index contributed by atoms with van der Waals surface area (Å²) in [5.74, 6) is 2.68. The highest BCUT2D eigenvalue weighted by Gasteiger charge is 2.32. The summed E-state index contributed by atoms with van der Waals surface area (Å²) in [5.41, 5.74) is 1.72. The highest BCUT2D eigenvalue weighted by atomic mass is 16.5. The lowest BCUT2D eigenvalue weighted by molar-refractivity contribution is 0.101. The number of benzene rings is 2. The van der Waals surface area contributed by atoms with Gasteiger partial charge in [-0.3, -0.25) is 9.69 Å². The molecule has 0 spiro atoms. The number of fused-ring (bicyclic) bond motifs is 1. The van der Waals surface area contributed by atoms with Gasteiger partial charge in [-0.05, 0) is 49.6 Å². The van der Waals surface area contributed by atoms with Gasteiger partial charge in [0.15, 0.2) is 17.3 Å². The van der Waals surface area contributed by atoms with Crippen molar-refractivity contribution in [3.8, 4) is 28.7 Å². The first kappa shape index (κ1) is 22.0. The van der Waals surface area contributed by atoms with Crippen LogP contribution in [0.15, 0.2) is 30.0 Å². The SMILES string of the molecule is COc1cc(OC)c(OC)cc1/C=C1\Oc2c(ccc(O)c2CN2CCC[C@H](C)C2)C1=O. The van der Waals surface area contributed by atoms with E-state index in [0.717, 1.165) is 19.5 Å². The molecule has 1 fully saturated rings. The van der Waals surface area contributed by atoms with Gasteiger partial charge in [-0.2, -0.15) is 0 Å². The summed E-state index contributed by atoms with van der Waals surface area (Å²) in [6.07, 6.45) is 3.97. The first-order valence-electron chi connectivity index (χ1n) is 10.8. The highest BCUT2D eigenvalue weighted by Crippen LogP contribution is 2.42. The van der Waals surface area contributed by atoms with Crippen LogP contribution in [0, 0.1) is 5.92 Å². The minimum Gasteiger partial charge on any atom is -0.507 e. The molecule has 0 unspecified atom stereocenters. The van der Waals surface area contributed by atoms with Gasteiger partial charge in [0.25, 0.3) is 0 Å². The van der Waals surface area contributed by atoms with Gasteiger partial charge >= 0.3 is 0 Å². The van der Waals surface area contributed by atoms with E-state index in [2.05, 4.69) is 11.8 Å². The van der Waals surface area contributed by atoms with Crippen molar-refractivity contribution >= 4 is 11.9 Å². The van der Waals surface area contributed by atoms with Gasteiger partial charge in [0, 0.05) is 24.7 Å². The van der Waals surface area contributed by atoms with Gasteiger partial charge in [-0.15, -0.1) is 0 Å². The van der Waals surface area contributed by atoms with E-state index in [1.54, 1.807) is 51.7 Å². The number of phenolic OH excluding ortho intramolecular Hbond substituents is 1. The van der Waals surface area contributed by atoms with Crippen LogP contribution in [0.3, 0.4) is 0 Å². The number of rotatable bonds is 6. The molecule has 0 saturated carbocycles. The van der Waals surface area contributed by atoms with E-state index in [4.69, 9.17) is 18.9 Å². The van der Waals surface area contributed by atoms with E-state index >= 15 is 0 Å². The Morgan fingerprint density at radius 3 is 2.53 bits per heavy atom. The number of aromatic hydroxyl groups is 1. The molecule has 0 radical (unpaired) electrons. The molecule has 2 aromatic carbocycles. The summed E-state index contributed by atoms with van der Waals surface area (Å²) < 4.78 is 22.2. The quantitative estimate of drug-likeness (QED) is 0.674. The smallest absolute Gasteiger partial charge is 0.231 e. The molecular formula is C25H29NO6. The molecule has 0 amide bonds. The molecule has 0 aromatic heterocycles. The van der Waals surface area contributed by atoms with Crippen molar-refractivity contribution in [2.24, 2.45) is 5.92 Å². The van der Waals surface area contributed by atoms with Crippen molar-refractivity contribution in [2.45, 2.75) is 26.3 Å². The third kappa shape index (κ3) is 4.12. The topological polar surface area (TPSA) is 77.5 Å². The molecule has 7 nitrogen and oxygen atoms in total. The lowest BCUT2D eigenvalue weighted by atomic mass is 9.99. The Hall–Kier alpha value is -3.19. The van der Waals surface area contributed by atoms with E-state index in [9.17, 15) is 9.90 Å². The lowest BCUT2D eigenvalue weighted by Crippen LogP contribution is -2.33. The molecule has 4 rings (SSSR count). The van der Waals surface area contributed by atoms with Crippen LogP contribution in [-0.4, -0.2) is 50.2 Å². The summed E-state index contributed by atoms with van der Waals surface area (Å²) in [6, 6.07) is 6.62. The number of allylic oxidation sites excluding steroid dienone is 1. The molecular weight excluding hydrogens is 410 g/mol. The summed E-state index contributed by atoms with van der Waals surface area (Å²) >= 11 is 0. The fourth-order valence-corrected chi connectivity index (χ4v) is 4.41. The lowest BCUT2D eigenvalue weighted by Gasteiger charge is -2.31. The van der Waals surface area contributed by atoms with Crippen LogP contribution in [0.4, 0.5) is 0 Å². The molecule has 2 aliphatic heterocycles. The van der Waals surface area contributed by atoms with Gasteiger partial charge in [-0.1, -0.05) is 6.92 Å². The van der Waals surface area contributed by atoms with E-state index in [1.165, 1.54) is 6.42 Å². The monoisotopic (exact) mass is 439 g/mol. The Bertz CT molecular complexity index is 1060. The number of hydrogen-bond acceptors (Lipinski definition) is 7. The minimum atomic E-state index is -0.231. The molecule has 1 saturated heterocycles. The van der Waals surface area contributed by atoms with E-state index in [-0.39, 0.29) is 17.3 Å². The Kier molecular flexibility index (Phi) is 6.28. The van der Waals surface area contributed by atoms with Gasteiger partial charge < -0.3 is 24.1 Å². The van der Waals surface area contributed by atoms with Crippen LogP contribution in [0.25, 0.3) is 6.08 Å². The second kappa shape index (κ2) is 9.12. The standard InChI is InChI=1S/C25H29NO6/c1-15-6-5-9-26(13-15)14-18-19(27)8-7-17-24(28)23(32-25(17)18)11-16-10-21(30-3)22(31-4)12-20(16)29-2/h7-8,10-12,15,27H,5-6,9,13-14H2,1-4H3/b23-11-/t15-/m0/s1. The number of carbonyl (C=O) groups excluding carboxylic acids is 1. The normalized spacial score (nSPS) is 19.6. The number of hydrogen-bond donors (Lipinski definition) is 1. The first-order valence-corrected chi connectivity index (χ1v) is 10.8. The summed E-state index contributed by atoms with van der Waals surface area (Å²) in [6.45, 7) is 4.70. The van der Waals surface area contributed by atoms with E-state index in [1.807, 2.05) is 0 Å². The van der Waals surface area contributed by atoms with Crippen LogP contribution in [0.5, 0.6) is 28.7 Å². The molecule has 1 N–H and O–H groups in total. The first-order chi connectivity index (χ1) is 15.4. The van der Waals surface area contributed by atoms with Gasteiger partial charge in [0.1, 0.15) is 17.2 Å². The second-order valence-corrected chi connectivity index (χ2v) is 8.31. The number of phenols is 1. The summed E-state index contributed by atoms with van der Waals surface area (Å²) in [5, 5.41) is 10.6. The number of Topliss-reactive ketones (excluding diaryl/α,β-unsaturated/α-hetero) is 1. The molecule has 2 aromatic rings. The average Bonchev–Trinajstić information content (AvgIpc) is 3.10. The van der Waals surface area contributed by atoms with Crippen LogP contribution >= 0.6 is 0 Å². The number of ketones is 1. The third-order valence-electron chi connectivity index (χ3n) is 6.06. The molecule has 2 aliphatic rings. The van der Waals surface area contributed by atoms with Crippen LogP contribution in [-0.2, 0) is 6.54 Å². The Morgan fingerprint density at radius 2 is 1.84 bits per heavy atom. The maximum absolute atomic E-state index is 13.1. The van der Waals surface area contributed by atoms with Crippen molar-refractivity contribution in [1.82, 2.24) is 4.90 Å². The molecule has 170 valence electrons. The zero-order valence-corrected chi connectivity index (χ0v) is 18.9. The number of methoxy groups -OCH3 is 3. The van der Waals surface area contributed by atoms with E-state index < -0.39 is 0 Å². The Morgan fingerprint density at radius 1 is 1.12 bits per heavy atom. The van der Waals surface area contributed by atoms with Crippen molar-refractivity contribution < 1.29 is 28.8 Å². The summed E-state index contributed by atoms with van der Waals surface area (Å²) in [4.78, 5) is 15.4. The van der Waals surface area contributed by atoms with Crippen LogP contribution in [0.1, 0.15) is 41.3 Å². The molecule has 1 atom stereocenters. The number of nitrogens with zero attached hydrogens (tertiary/aromatic N) is 1. The van der Waals surface area contributed by atoms with Crippen molar-refractivity contribution in [3.05, 3.63) is 46.7 Å². The molecule has 7 heteroatoms. The third-order valence-corrected chi connectivity index (χ3v) is 6.06. The van der Waals surface area contributed by atoms with Crippen molar-refractivity contribution in [3.63, 3.8) is 0 Å². The molecule has 0 aliphatic carbocycles. The predicted molar refractivity (Wildman–Crippen MR) is 121 cm³/mol. The number of ether oxygens (including phenoxy) is 4. The average molecular weight is 440 g/mol. The number of likely N-dealkylation sites (tertiary alicyclic amines) is 1. The molecule has 0 bridgehead atoms. The zero-order valence-electron chi connectivity index (χ0n) is 18.9. The number of piperidine rings is 1. The zero-order chi connectivity index (χ0) is 22.8. The van der Waals surface area contributed by atoms with Gasteiger partial charge in [0.2, 0.25) is 5.78 Å². The van der Waals surface area contributed by atoms with Crippen molar-refractivity contribution in [2.75, 3.05) is 34.4 Å². The van der Waals surface area contributed by atoms with Gasteiger partial charge in [0.05, 0.1) is 32.5 Å². The Balaban J connectivity index is 1.68. The second-order valence-electron chi connectivity index (χ2n) is 8.31. The number of carbonyl (C=O) groups is 1. The van der Waals surface area contributed by atoms with Gasteiger partial charge in [-0.25, -0.2) is 0 Å². The van der Waals surface area contributed by atoms with Crippen LogP contribution in [0.2, 0.25) is 0 Å². The largest absolute Gasteiger partial charge is 0.507 e. The fraction of sp³-hybridized carbons (Fsp3) is 0.400. The fourth-order valence-electron chi connectivity index (χ4n) is 4.41. The maximum Gasteiger partial charge on any atom is 0.231 e. The molecule has 2 heterocycles.